The molecule has 0 N–H and O–H groups in total. The Bertz CT molecular complexity index is 463. The molecule has 1 aliphatic rings. The van der Waals surface area contributed by atoms with Crippen molar-refractivity contribution in [2.75, 3.05) is 51.7 Å². The molecule has 0 atom stereocenters. The summed E-state index contributed by atoms with van der Waals surface area (Å²) in [6.07, 6.45) is 2.66. The van der Waals surface area contributed by atoms with E-state index in [1.807, 2.05) is 13.0 Å². The fourth-order valence-electron chi connectivity index (χ4n) is 2.30. The molecule has 6 nitrogen and oxygen atoms in total. The van der Waals surface area contributed by atoms with Crippen LogP contribution in [0.5, 0.6) is 0 Å². The molecular formula is C14H23N5O. The Morgan fingerprint density at radius 1 is 1.25 bits per heavy atom. The zero-order chi connectivity index (χ0) is 14.5. The Labute approximate surface area is 120 Å². The van der Waals surface area contributed by atoms with Crippen LogP contribution in [0.1, 0.15) is 12.1 Å². The van der Waals surface area contributed by atoms with Gasteiger partial charge in [-0.15, -0.1) is 0 Å². The lowest BCUT2D eigenvalue weighted by molar-refractivity contribution is -0.129. The van der Waals surface area contributed by atoms with Crippen molar-refractivity contribution >= 4 is 11.7 Å². The summed E-state index contributed by atoms with van der Waals surface area (Å²) >= 11 is 0. The molecule has 0 saturated carbocycles. The number of anilines is 1. The van der Waals surface area contributed by atoms with Crippen LogP contribution in [-0.4, -0.2) is 72.5 Å². The summed E-state index contributed by atoms with van der Waals surface area (Å²) in [6.45, 7) is 6.21. The molecule has 6 heteroatoms. The van der Waals surface area contributed by atoms with E-state index in [-0.39, 0.29) is 5.91 Å². The van der Waals surface area contributed by atoms with Crippen molar-refractivity contribution in [3.8, 4) is 0 Å². The molecule has 0 aliphatic carbocycles. The monoisotopic (exact) mass is 277 g/mol. The van der Waals surface area contributed by atoms with Crippen LogP contribution < -0.4 is 4.90 Å². The minimum atomic E-state index is 0.163. The van der Waals surface area contributed by atoms with Crippen LogP contribution in [0.15, 0.2) is 12.4 Å². The van der Waals surface area contributed by atoms with Crippen molar-refractivity contribution in [3.63, 3.8) is 0 Å². The van der Waals surface area contributed by atoms with E-state index >= 15 is 0 Å². The first-order valence-electron chi connectivity index (χ1n) is 7.02. The third-order valence-corrected chi connectivity index (χ3v) is 3.56. The first kappa shape index (κ1) is 14.7. The summed E-state index contributed by atoms with van der Waals surface area (Å²) in [4.78, 5) is 26.4. The standard InChI is InChI=1S/C14H23N5O/c1-12-9-13(16-11-15-12)19-6-4-5-18(7-8-19)10-14(20)17(2)3/h9,11H,4-8,10H2,1-3H3. The molecule has 0 bridgehead atoms. The highest BCUT2D eigenvalue weighted by Crippen LogP contribution is 2.13. The number of likely N-dealkylation sites (N-methyl/N-ethyl adjacent to an activating group) is 1. The maximum Gasteiger partial charge on any atom is 0.236 e. The van der Waals surface area contributed by atoms with Crippen molar-refractivity contribution < 1.29 is 4.79 Å². The maximum atomic E-state index is 11.8. The average Bonchev–Trinajstić information content (AvgIpc) is 2.64. The van der Waals surface area contributed by atoms with E-state index in [1.165, 1.54) is 0 Å². The van der Waals surface area contributed by atoms with Gasteiger partial charge in [-0.25, -0.2) is 9.97 Å². The van der Waals surface area contributed by atoms with E-state index < -0.39 is 0 Å². The molecular weight excluding hydrogens is 254 g/mol. The molecule has 1 saturated heterocycles. The van der Waals surface area contributed by atoms with Gasteiger partial charge in [0.25, 0.3) is 0 Å². The molecule has 0 radical (unpaired) electrons. The lowest BCUT2D eigenvalue weighted by Gasteiger charge is -2.23. The molecule has 1 fully saturated rings. The SMILES string of the molecule is Cc1cc(N2CCCN(CC(=O)N(C)C)CC2)ncn1. The molecule has 1 amide bonds. The fraction of sp³-hybridized carbons (Fsp3) is 0.643. The van der Waals surface area contributed by atoms with Crippen molar-refractivity contribution in [1.82, 2.24) is 19.8 Å². The van der Waals surface area contributed by atoms with Gasteiger partial charge in [0.2, 0.25) is 5.91 Å². The Hall–Kier alpha value is -1.69. The molecule has 2 heterocycles. The van der Waals surface area contributed by atoms with Crippen molar-refractivity contribution in [1.29, 1.82) is 0 Å². The molecule has 0 spiro atoms. The van der Waals surface area contributed by atoms with Gasteiger partial charge >= 0.3 is 0 Å². The number of hydrogen-bond acceptors (Lipinski definition) is 5. The zero-order valence-corrected chi connectivity index (χ0v) is 12.5. The lowest BCUT2D eigenvalue weighted by atomic mass is 10.3. The summed E-state index contributed by atoms with van der Waals surface area (Å²) in [7, 11) is 3.60. The summed E-state index contributed by atoms with van der Waals surface area (Å²) in [6, 6.07) is 2.01. The topological polar surface area (TPSA) is 52.6 Å². The first-order chi connectivity index (χ1) is 9.56. The minimum absolute atomic E-state index is 0.163. The lowest BCUT2D eigenvalue weighted by Crippen LogP contribution is -2.38. The predicted molar refractivity (Wildman–Crippen MR) is 78.7 cm³/mol. The largest absolute Gasteiger partial charge is 0.355 e. The molecule has 1 aromatic rings. The highest BCUT2D eigenvalue weighted by molar-refractivity contribution is 5.77. The molecule has 0 aromatic carbocycles. The number of aromatic nitrogens is 2. The number of carbonyl (C=O) groups excluding carboxylic acids is 1. The average molecular weight is 277 g/mol. The van der Waals surface area contributed by atoms with Gasteiger partial charge in [0.1, 0.15) is 12.1 Å². The third-order valence-electron chi connectivity index (χ3n) is 3.56. The van der Waals surface area contributed by atoms with Gasteiger partial charge in [0.15, 0.2) is 0 Å². The summed E-state index contributed by atoms with van der Waals surface area (Å²) in [5, 5.41) is 0. The van der Waals surface area contributed by atoms with Gasteiger partial charge in [-0.3, -0.25) is 9.69 Å². The van der Waals surface area contributed by atoms with Gasteiger partial charge in [0, 0.05) is 52.0 Å². The van der Waals surface area contributed by atoms with Crippen molar-refractivity contribution in [2.45, 2.75) is 13.3 Å². The first-order valence-corrected chi connectivity index (χ1v) is 7.02. The van der Waals surface area contributed by atoms with E-state index in [0.717, 1.165) is 44.1 Å². The fourth-order valence-corrected chi connectivity index (χ4v) is 2.30. The number of amides is 1. The number of rotatable bonds is 3. The Balaban J connectivity index is 1.94. The minimum Gasteiger partial charge on any atom is -0.355 e. The molecule has 1 aliphatic heterocycles. The molecule has 20 heavy (non-hydrogen) atoms. The van der Waals surface area contributed by atoms with Gasteiger partial charge in [-0.2, -0.15) is 0 Å². The molecule has 1 aromatic heterocycles. The van der Waals surface area contributed by atoms with Crippen LogP contribution in [-0.2, 0) is 4.79 Å². The number of hydrogen-bond donors (Lipinski definition) is 0. The Kier molecular flexibility index (Phi) is 4.89. The van der Waals surface area contributed by atoms with Gasteiger partial charge in [-0.1, -0.05) is 0 Å². The van der Waals surface area contributed by atoms with E-state index in [9.17, 15) is 4.79 Å². The molecule has 2 rings (SSSR count). The van der Waals surface area contributed by atoms with E-state index in [4.69, 9.17) is 0 Å². The Morgan fingerprint density at radius 2 is 2.05 bits per heavy atom. The van der Waals surface area contributed by atoms with Gasteiger partial charge < -0.3 is 9.80 Å². The third kappa shape index (κ3) is 3.90. The van der Waals surface area contributed by atoms with Gasteiger partial charge in [-0.05, 0) is 13.3 Å². The number of nitrogens with zero attached hydrogens (tertiary/aromatic N) is 5. The number of aryl methyl sites for hydroxylation is 1. The van der Waals surface area contributed by atoms with Gasteiger partial charge in [0.05, 0.1) is 6.54 Å². The molecule has 0 unspecified atom stereocenters. The second kappa shape index (κ2) is 6.65. The Morgan fingerprint density at radius 3 is 2.75 bits per heavy atom. The van der Waals surface area contributed by atoms with Crippen LogP contribution in [0.2, 0.25) is 0 Å². The predicted octanol–water partition coefficient (Wildman–Crippen LogP) is 0.385. The molecule has 110 valence electrons. The van der Waals surface area contributed by atoms with Crippen LogP contribution >= 0.6 is 0 Å². The normalized spacial score (nSPS) is 16.9. The second-order valence-corrected chi connectivity index (χ2v) is 5.42. The van der Waals surface area contributed by atoms with Crippen molar-refractivity contribution in [3.05, 3.63) is 18.1 Å². The summed E-state index contributed by atoms with van der Waals surface area (Å²) < 4.78 is 0. The maximum absolute atomic E-state index is 11.8. The van der Waals surface area contributed by atoms with E-state index in [2.05, 4.69) is 19.8 Å². The summed E-state index contributed by atoms with van der Waals surface area (Å²) in [5.74, 6) is 1.15. The quantitative estimate of drug-likeness (QED) is 0.800. The highest BCUT2D eigenvalue weighted by atomic mass is 16.2. The van der Waals surface area contributed by atoms with E-state index in [0.29, 0.717) is 6.54 Å². The van der Waals surface area contributed by atoms with Crippen LogP contribution in [0.25, 0.3) is 0 Å². The highest BCUT2D eigenvalue weighted by Gasteiger charge is 2.18. The van der Waals surface area contributed by atoms with Crippen molar-refractivity contribution in [2.24, 2.45) is 0 Å². The van der Waals surface area contributed by atoms with Crippen LogP contribution in [0, 0.1) is 6.92 Å². The smallest absolute Gasteiger partial charge is 0.236 e. The second-order valence-electron chi connectivity index (χ2n) is 5.42. The zero-order valence-electron chi connectivity index (χ0n) is 12.5. The van der Waals surface area contributed by atoms with Crippen LogP contribution in [0.4, 0.5) is 5.82 Å². The number of carbonyl (C=O) groups is 1. The summed E-state index contributed by atoms with van der Waals surface area (Å²) in [5.41, 5.74) is 0.985. The van der Waals surface area contributed by atoms with Crippen LogP contribution in [0.3, 0.4) is 0 Å². The van der Waals surface area contributed by atoms with E-state index in [1.54, 1.807) is 25.3 Å².